The first kappa shape index (κ1) is 13.4. The number of rotatable bonds is 2. The summed E-state index contributed by atoms with van der Waals surface area (Å²) in [6.07, 6.45) is 4.59. The van der Waals surface area contributed by atoms with Crippen molar-refractivity contribution in [2.24, 2.45) is 14.1 Å². The molecule has 0 aromatic carbocycles. The van der Waals surface area contributed by atoms with Gasteiger partial charge < -0.3 is 10.2 Å². The van der Waals surface area contributed by atoms with Gasteiger partial charge in [0.2, 0.25) is 5.82 Å². The first-order valence-corrected chi connectivity index (χ1v) is 7.21. The molecule has 7 heteroatoms. The summed E-state index contributed by atoms with van der Waals surface area (Å²) < 4.78 is 2.30. The monoisotopic (exact) mass is 279 g/mol. The molecule has 0 bridgehead atoms. The van der Waals surface area contributed by atoms with Gasteiger partial charge in [-0.3, -0.25) is 9.36 Å². The number of hydrogen-bond donors (Lipinski definition) is 1. The lowest BCUT2D eigenvalue weighted by atomic mass is 9.98. The minimum Gasteiger partial charge on any atom is -0.361 e. The van der Waals surface area contributed by atoms with Crippen molar-refractivity contribution < 1.29 is 0 Å². The van der Waals surface area contributed by atoms with Crippen LogP contribution in [0.2, 0.25) is 0 Å². The molecule has 3 rings (SSSR count). The third-order valence-corrected chi connectivity index (χ3v) is 4.48. The van der Waals surface area contributed by atoms with E-state index in [1.807, 2.05) is 0 Å². The Balaban J connectivity index is 1.78. The zero-order chi connectivity index (χ0) is 14.3. The highest BCUT2D eigenvalue weighted by Crippen LogP contribution is 2.27. The van der Waals surface area contributed by atoms with E-state index in [0.717, 1.165) is 24.0 Å². The molecule has 0 aliphatic carbocycles. The Morgan fingerprint density at radius 3 is 2.80 bits per heavy atom. The fourth-order valence-corrected chi connectivity index (χ4v) is 3.34. The molecule has 0 radical (unpaired) electrons. The van der Waals surface area contributed by atoms with Crippen LogP contribution in [0.1, 0.15) is 25.7 Å². The number of piperidine rings is 1. The maximum Gasteiger partial charge on any atom is 0.346 e. The normalized spacial score (nSPS) is 26.5. The molecule has 2 aliphatic heterocycles. The summed E-state index contributed by atoms with van der Waals surface area (Å²) in [5, 5.41) is 7.30. The summed E-state index contributed by atoms with van der Waals surface area (Å²) in [6.45, 7) is 2.28. The van der Waals surface area contributed by atoms with Crippen molar-refractivity contribution in [3.8, 4) is 0 Å². The van der Waals surface area contributed by atoms with E-state index in [1.165, 1.54) is 31.1 Å². The van der Waals surface area contributed by atoms with Gasteiger partial charge in [-0.15, -0.1) is 5.10 Å². The molecule has 2 fully saturated rings. The lowest BCUT2D eigenvalue weighted by Gasteiger charge is -2.35. The largest absolute Gasteiger partial charge is 0.361 e. The van der Waals surface area contributed by atoms with E-state index in [0.29, 0.717) is 6.04 Å². The van der Waals surface area contributed by atoms with Crippen molar-refractivity contribution in [1.29, 1.82) is 0 Å². The Hall–Kier alpha value is -1.63. The van der Waals surface area contributed by atoms with Crippen molar-refractivity contribution >= 4 is 5.82 Å². The second-order valence-electron chi connectivity index (χ2n) is 5.82. The highest BCUT2D eigenvalue weighted by Gasteiger charge is 2.32. The van der Waals surface area contributed by atoms with Gasteiger partial charge in [-0.1, -0.05) is 0 Å². The summed E-state index contributed by atoms with van der Waals surface area (Å²) in [4.78, 5) is 26.2. The number of aryl methyl sites for hydroxylation is 1. The molecule has 20 heavy (non-hydrogen) atoms. The van der Waals surface area contributed by atoms with E-state index in [-0.39, 0.29) is 17.4 Å². The fraction of sp³-hybridized carbons (Fsp3) is 0.769. The first-order valence-electron chi connectivity index (χ1n) is 7.21. The summed E-state index contributed by atoms with van der Waals surface area (Å²) >= 11 is 0. The molecule has 2 aliphatic rings. The number of nitrogens with one attached hydrogen (secondary N) is 1. The van der Waals surface area contributed by atoms with Crippen molar-refractivity contribution in [2.75, 3.05) is 18.4 Å². The number of anilines is 1. The third-order valence-electron chi connectivity index (χ3n) is 4.48. The zero-order valence-corrected chi connectivity index (χ0v) is 12.0. The quantitative estimate of drug-likeness (QED) is 0.791. The number of aromatic nitrogens is 3. The molecule has 0 amide bonds. The minimum absolute atomic E-state index is 0.270. The van der Waals surface area contributed by atoms with Crippen molar-refractivity contribution in [3.63, 3.8) is 0 Å². The molecule has 0 saturated carbocycles. The standard InChI is InChI=1S/C13H21N5O2/c1-16-12(19)11(15-17(2)13(16)20)14-9-5-7-18-6-3-4-10(18)8-9/h9-10H,3-8H2,1-2H3,(H,14,15). The van der Waals surface area contributed by atoms with Crippen LogP contribution in [0, 0.1) is 0 Å². The molecular formula is C13H21N5O2. The molecule has 2 atom stereocenters. The van der Waals surface area contributed by atoms with Gasteiger partial charge in [0.05, 0.1) is 0 Å². The van der Waals surface area contributed by atoms with Crippen LogP contribution in [0.5, 0.6) is 0 Å². The predicted molar refractivity (Wildman–Crippen MR) is 76.0 cm³/mol. The van der Waals surface area contributed by atoms with Crippen molar-refractivity contribution in [1.82, 2.24) is 19.2 Å². The van der Waals surface area contributed by atoms with Crippen LogP contribution >= 0.6 is 0 Å². The lowest BCUT2D eigenvalue weighted by molar-refractivity contribution is 0.187. The summed E-state index contributed by atoms with van der Waals surface area (Å²) in [7, 11) is 3.05. The topological polar surface area (TPSA) is 72.2 Å². The van der Waals surface area contributed by atoms with Crippen LogP contribution in [0.15, 0.2) is 9.59 Å². The highest BCUT2D eigenvalue weighted by atomic mass is 16.2. The van der Waals surface area contributed by atoms with Crippen molar-refractivity contribution in [2.45, 2.75) is 37.8 Å². The maximum atomic E-state index is 12.1. The molecule has 1 N–H and O–H groups in total. The SMILES string of the molecule is Cn1nc(NC2CCN3CCCC3C2)c(=O)n(C)c1=O. The maximum absolute atomic E-state index is 12.1. The van der Waals surface area contributed by atoms with Gasteiger partial charge in [-0.2, -0.15) is 0 Å². The molecule has 0 spiro atoms. The number of nitrogens with zero attached hydrogens (tertiary/aromatic N) is 4. The van der Waals surface area contributed by atoms with Gasteiger partial charge in [0.15, 0.2) is 0 Å². The van der Waals surface area contributed by atoms with E-state index >= 15 is 0 Å². The molecule has 110 valence electrons. The van der Waals surface area contributed by atoms with Crippen LogP contribution in [-0.2, 0) is 14.1 Å². The second kappa shape index (κ2) is 5.05. The van der Waals surface area contributed by atoms with E-state index in [9.17, 15) is 9.59 Å². The van der Waals surface area contributed by atoms with Gasteiger partial charge in [0.1, 0.15) is 0 Å². The predicted octanol–water partition coefficient (Wildman–Crippen LogP) is -0.482. The third kappa shape index (κ3) is 2.26. The van der Waals surface area contributed by atoms with E-state index in [1.54, 1.807) is 7.05 Å². The summed E-state index contributed by atoms with van der Waals surface area (Å²) in [5.74, 6) is 0.283. The van der Waals surface area contributed by atoms with Crippen LogP contribution in [0.4, 0.5) is 5.82 Å². The molecular weight excluding hydrogens is 258 g/mol. The van der Waals surface area contributed by atoms with E-state index in [2.05, 4.69) is 15.3 Å². The Kier molecular flexibility index (Phi) is 3.37. The number of hydrogen-bond acceptors (Lipinski definition) is 5. The molecule has 1 aromatic heterocycles. The van der Waals surface area contributed by atoms with Crippen LogP contribution < -0.4 is 16.6 Å². The van der Waals surface area contributed by atoms with Crippen LogP contribution in [-0.4, -0.2) is 44.4 Å². The van der Waals surface area contributed by atoms with Crippen LogP contribution in [0.25, 0.3) is 0 Å². The Bertz CT molecular complexity index is 620. The summed E-state index contributed by atoms with van der Waals surface area (Å²) in [6, 6.07) is 0.907. The number of fused-ring (bicyclic) bond motifs is 1. The van der Waals surface area contributed by atoms with Gasteiger partial charge in [0, 0.05) is 32.7 Å². The molecule has 2 saturated heterocycles. The van der Waals surface area contributed by atoms with Gasteiger partial charge in [-0.05, 0) is 32.2 Å². The Morgan fingerprint density at radius 1 is 1.20 bits per heavy atom. The zero-order valence-electron chi connectivity index (χ0n) is 12.0. The Labute approximate surface area is 117 Å². The van der Waals surface area contributed by atoms with Gasteiger partial charge >= 0.3 is 5.69 Å². The fourth-order valence-electron chi connectivity index (χ4n) is 3.34. The minimum atomic E-state index is -0.397. The smallest absolute Gasteiger partial charge is 0.346 e. The second-order valence-corrected chi connectivity index (χ2v) is 5.82. The Morgan fingerprint density at radius 2 is 2.00 bits per heavy atom. The average Bonchev–Trinajstić information content (AvgIpc) is 2.90. The average molecular weight is 279 g/mol. The first-order chi connectivity index (χ1) is 9.56. The van der Waals surface area contributed by atoms with Crippen LogP contribution in [0.3, 0.4) is 0 Å². The van der Waals surface area contributed by atoms with Crippen molar-refractivity contribution in [3.05, 3.63) is 20.8 Å². The van der Waals surface area contributed by atoms with Gasteiger partial charge in [0.25, 0.3) is 5.56 Å². The highest BCUT2D eigenvalue weighted by molar-refractivity contribution is 5.31. The lowest BCUT2D eigenvalue weighted by Crippen LogP contribution is -2.45. The molecule has 7 nitrogen and oxygen atoms in total. The molecule has 3 heterocycles. The van der Waals surface area contributed by atoms with E-state index < -0.39 is 5.69 Å². The van der Waals surface area contributed by atoms with E-state index in [4.69, 9.17) is 0 Å². The molecule has 1 aromatic rings. The molecule has 2 unspecified atom stereocenters. The van der Waals surface area contributed by atoms with Gasteiger partial charge in [-0.25, -0.2) is 9.48 Å². The summed E-state index contributed by atoms with van der Waals surface area (Å²) in [5.41, 5.74) is -0.742.